The third kappa shape index (κ3) is 6.98. The van der Waals surface area contributed by atoms with Crippen molar-refractivity contribution in [2.75, 3.05) is 13.7 Å². The Hall–Kier alpha value is -4.63. The van der Waals surface area contributed by atoms with E-state index in [2.05, 4.69) is 5.32 Å². The van der Waals surface area contributed by atoms with Gasteiger partial charge in [-0.2, -0.15) is 5.10 Å². The number of hydrogen-bond donors (Lipinski definition) is 2. The molecule has 0 bridgehead atoms. The fraction of sp³-hybridized carbons (Fsp3) is 0.303. The van der Waals surface area contributed by atoms with Gasteiger partial charge in [0.1, 0.15) is 30.6 Å². The van der Waals surface area contributed by atoms with Gasteiger partial charge in [0.15, 0.2) is 0 Å². The zero-order valence-electron chi connectivity index (χ0n) is 23.8. The summed E-state index contributed by atoms with van der Waals surface area (Å²) in [5, 5.41) is 19.0. The number of carbonyl (C=O) groups is 2. The van der Waals surface area contributed by atoms with E-state index in [1.165, 1.54) is 0 Å². The normalized spacial score (nSPS) is 18.2. The van der Waals surface area contributed by atoms with Gasteiger partial charge >= 0.3 is 12.1 Å². The third-order valence-electron chi connectivity index (χ3n) is 7.50. The van der Waals surface area contributed by atoms with Crippen molar-refractivity contribution < 1.29 is 28.9 Å². The molecule has 1 aliphatic carbocycles. The van der Waals surface area contributed by atoms with Crippen LogP contribution in [0.15, 0.2) is 84.9 Å². The predicted octanol–water partition coefficient (Wildman–Crippen LogP) is 5.46. The number of methoxy groups -OCH3 is 1. The van der Waals surface area contributed by atoms with Crippen LogP contribution in [0.2, 0.25) is 0 Å². The van der Waals surface area contributed by atoms with E-state index in [-0.39, 0.29) is 19.3 Å². The second kappa shape index (κ2) is 12.9. The van der Waals surface area contributed by atoms with Crippen molar-refractivity contribution in [2.45, 2.75) is 50.9 Å². The number of aliphatic hydroxyl groups is 1. The predicted molar refractivity (Wildman–Crippen MR) is 157 cm³/mol. The monoisotopic (exact) mass is 569 g/mol. The van der Waals surface area contributed by atoms with Crippen LogP contribution in [0.5, 0.6) is 5.75 Å². The Kier molecular flexibility index (Phi) is 8.88. The Morgan fingerprint density at radius 3 is 2.36 bits per heavy atom. The molecule has 1 aliphatic rings. The van der Waals surface area contributed by atoms with Crippen molar-refractivity contribution in [3.8, 4) is 22.7 Å². The number of rotatable bonds is 9. The molecule has 1 fully saturated rings. The first-order valence-corrected chi connectivity index (χ1v) is 14.0. The first-order chi connectivity index (χ1) is 20.3. The molecule has 2 N–H and O–H groups in total. The minimum absolute atomic E-state index is 0.114. The van der Waals surface area contributed by atoms with Gasteiger partial charge in [-0.1, -0.05) is 60.2 Å². The maximum atomic E-state index is 12.4. The van der Waals surface area contributed by atoms with E-state index in [9.17, 15) is 14.7 Å². The molecule has 1 saturated carbocycles. The highest BCUT2D eigenvalue weighted by atomic mass is 16.6. The molecule has 218 valence electrons. The van der Waals surface area contributed by atoms with Crippen LogP contribution in [0, 0.1) is 6.92 Å². The zero-order valence-corrected chi connectivity index (χ0v) is 23.8. The molecule has 9 nitrogen and oxygen atoms in total. The van der Waals surface area contributed by atoms with Crippen LogP contribution < -0.4 is 10.1 Å². The largest absolute Gasteiger partial charge is 0.497 e. The summed E-state index contributed by atoms with van der Waals surface area (Å²) in [6.07, 6.45) is 0.645. The number of benzene rings is 3. The number of hydrogen-bond acceptors (Lipinski definition) is 7. The Bertz CT molecular complexity index is 1490. The van der Waals surface area contributed by atoms with Gasteiger partial charge in [-0.15, -0.1) is 0 Å². The van der Waals surface area contributed by atoms with Gasteiger partial charge in [-0.25, -0.2) is 9.48 Å². The number of esters is 1. The van der Waals surface area contributed by atoms with E-state index in [1.807, 2.05) is 96.5 Å². The number of ether oxygens (including phenoxy) is 3. The summed E-state index contributed by atoms with van der Waals surface area (Å²) in [6.45, 7) is 1.86. The molecule has 0 atom stereocenters. The number of alkyl carbamates (subject to hydrolysis) is 1. The van der Waals surface area contributed by atoms with Crippen LogP contribution in [0.4, 0.5) is 4.79 Å². The summed E-state index contributed by atoms with van der Waals surface area (Å²) in [6, 6.07) is 27.0. The van der Waals surface area contributed by atoms with Crippen molar-refractivity contribution in [2.24, 2.45) is 0 Å². The Balaban J connectivity index is 1.20. The standard InChI is InChI=1S/C33H35N3O6/c1-23-8-10-25(11-9-23)29-20-30(35-36(29)26-12-14-27(40-2)15-13-26)33(39)18-16-28(17-19-33)42-31(37)21-34-32(38)41-22-24-6-4-3-5-7-24/h3-15,20,28,39H,16-19,21-22H2,1-2H3,(H,34,38)/t28-,33-. The third-order valence-corrected chi connectivity index (χ3v) is 7.50. The first kappa shape index (κ1) is 28.9. The van der Waals surface area contributed by atoms with Gasteiger partial charge in [0, 0.05) is 5.56 Å². The Labute approximate surface area is 245 Å². The number of amides is 1. The van der Waals surface area contributed by atoms with Gasteiger partial charge in [0.05, 0.1) is 24.2 Å². The van der Waals surface area contributed by atoms with Crippen molar-refractivity contribution in [3.63, 3.8) is 0 Å². The molecular weight excluding hydrogens is 534 g/mol. The van der Waals surface area contributed by atoms with E-state index < -0.39 is 17.7 Å². The van der Waals surface area contributed by atoms with Crippen LogP contribution >= 0.6 is 0 Å². The molecule has 42 heavy (non-hydrogen) atoms. The van der Waals surface area contributed by atoms with Gasteiger partial charge < -0.3 is 24.6 Å². The summed E-state index contributed by atoms with van der Waals surface area (Å²) in [5.41, 5.74) is 4.10. The first-order valence-electron chi connectivity index (χ1n) is 14.0. The number of nitrogens with zero attached hydrogens (tertiary/aromatic N) is 2. The molecule has 0 unspecified atom stereocenters. The fourth-order valence-electron chi connectivity index (χ4n) is 5.05. The highest BCUT2D eigenvalue weighted by Gasteiger charge is 2.39. The molecule has 0 spiro atoms. The average Bonchev–Trinajstić information content (AvgIpc) is 3.48. The Morgan fingerprint density at radius 1 is 1.00 bits per heavy atom. The van der Waals surface area contributed by atoms with Gasteiger partial charge in [-0.05, 0) is 68.5 Å². The maximum absolute atomic E-state index is 12.4. The van der Waals surface area contributed by atoms with E-state index in [1.54, 1.807) is 7.11 Å². The van der Waals surface area contributed by atoms with Crippen LogP contribution in [0.1, 0.15) is 42.5 Å². The van der Waals surface area contributed by atoms with Crippen LogP contribution in [-0.2, 0) is 26.5 Å². The molecule has 4 aromatic rings. The molecular formula is C33H35N3O6. The highest BCUT2D eigenvalue weighted by molar-refractivity contribution is 5.78. The van der Waals surface area contributed by atoms with Crippen LogP contribution in [0.25, 0.3) is 16.9 Å². The molecule has 0 radical (unpaired) electrons. The number of nitrogens with one attached hydrogen (secondary N) is 1. The topological polar surface area (TPSA) is 112 Å². The quantitative estimate of drug-likeness (QED) is 0.258. The van der Waals surface area contributed by atoms with E-state index in [0.29, 0.717) is 31.4 Å². The molecule has 1 aromatic heterocycles. The second-order valence-corrected chi connectivity index (χ2v) is 10.5. The van der Waals surface area contributed by atoms with Crippen LogP contribution in [0.3, 0.4) is 0 Å². The summed E-state index contributed by atoms with van der Waals surface area (Å²) < 4.78 is 17.9. The summed E-state index contributed by atoms with van der Waals surface area (Å²) in [7, 11) is 1.62. The highest BCUT2D eigenvalue weighted by Crippen LogP contribution is 2.39. The average molecular weight is 570 g/mol. The Morgan fingerprint density at radius 2 is 1.69 bits per heavy atom. The van der Waals surface area contributed by atoms with Crippen molar-refractivity contribution >= 4 is 12.1 Å². The van der Waals surface area contributed by atoms with E-state index in [0.717, 1.165) is 33.8 Å². The van der Waals surface area contributed by atoms with E-state index >= 15 is 0 Å². The summed E-state index contributed by atoms with van der Waals surface area (Å²) >= 11 is 0. The van der Waals surface area contributed by atoms with E-state index in [4.69, 9.17) is 19.3 Å². The molecule has 3 aromatic carbocycles. The summed E-state index contributed by atoms with van der Waals surface area (Å²) in [4.78, 5) is 24.3. The lowest BCUT2D eigenvalue weighted by atomic mass is 9.81. The van der Waals surface area contributed by atoms with Crippen molar-refractivity contribution in [3.05, 3.63) is 102 Å². The smallest absolute Gasteiger partial charge is 0.407 e. The lowest BCUT2D eigenvalue weighted by Gasteiger charge is -2.34. The lowest BCUT2D eigenvalue weighted by Crippen LogP contribution is -2.38. The van der Waals surface area contributed by atoms with Gasteiger partial charge in [-0.3, -0.25) is 4.79 Å². The van der Waals surface area contributed by atoms with Crippen molar-refractivity contribution in [1.29, 1.82) is 0 Å². The number of carbonyl (C=O) groups excluding carboxylic acids is 2. The lowest BCUT2D eigenvalue weighted by molar-refractivity contribution is -0.152. The SMILES string of the molecule is COc1ccc(-n2nc([C@]3(O)CC[C@H](OC(=O)CNC(=O)OCc4ccccc4)CC3)cc2-c2ccc(C)cc2)cc1. The molecule has 1 amide bonds. The molecule has 0 aliphatic heterocycles. The minimum atomic E-state index is -1.17. The number of aryl methyl sites for hydroxylation is 1. The van der Waals surface area contributed by atoms with Crippen LogP contribution in [-0.4, -0.2) is 46.7 Å². The van der Waals surface area contributed by atoms with Crippen molar-refractivity contribution in [1.82, 2.24) is 15.1 Å². The molecule has 0 saturated heterocycles. The summed E-state index contributed by atoms with van der Waals surface area (Å²) in [5.74, 6) is 0.196. The van der Waals surface area contributed by atoms with Gasteiger partial charge in [0.25, 0.3) is 0 Å². The second-order valence-electron chi connectivity index (χ2n) is 10.5. The fourth-order valence-corrected chi connectivity index (χ4v) is 5.05. The zero-order chi connectivity index (χ0) is 29.5. The number of aromatic nitrogens is 2. The molecule has 5 rings (SSSR count). The maximum Gasteiger partial charge on any atom is 0.407 e. The molecule has 1 heterocycles. The van der Waals surface area contributed by atoms with Gasteiger partial charge in [0.2, 0.25) is 0 Å². The minimum Gasteiger partial charge on any atom is -0.497 e. The molecule has 9 heteroatoms.